The Morgan fingerprint density at radius 2 is 2.20 bits per heavy atom. The summed E-state index contributed by atoms with van der Waals surface area (Å²) in [7, 11) is 0. The van der Waals surface area contributed by atoms with Crippen molar-refractivity contribution in [1.82, 2.24) is 5.32 Å². The van der Waals surface area contributed by atoms with E-state index in [9.17, 15) is 4.39 Å². The molecule has 0 saturated heterocycles. The van der Waals surface area contributed by atoms with Crippen LogP contribution in [0.2, 0.25) is 0 Å². The standard InChI is InChI=1S/C12H13BrFN/c1-4-12(2,3)15-8-9-7-10(14)5-6-11(9)13/h1,5-7,15H,8H2,2-3H3. The zero-order valence-electron chi connectivity index (χ0n) is 8.77. The normalized spacial score (nSPS) is 11.1. The number of rotatable bonds is 3. The van der Waals surface area contributed by atoms with Gasteiger partial charge >= 0.3 is 0 Å². The van der Waals surface area contributed by atoms with Crippen LogP contribution < -0.4 is 5.32 Å². The third kappa shape index (κ3) is 3.65. The number of benzene rings is 1. The van der Waals surface area contributed by atoms with Crippen LogP contribution in [0.25, 0.3) is 0 Å². The molecule has 0 unspecified atom stereocenters. The highest BCUT2D eigenvalue weighted by Gasteiger charge is 2.13. The monoisotopic (exact) mass is 269 g/mol. The van der Waals surface area contributed by atoms with E-state index in [0.29, 0.717) is 6.54 Å². The van der Waals surface area contributed by atoms with E-state index in [4.69, 9.17) is 6.42 Å². The van der Waals surface area contributed by atoms with Crippen molar-refractivity contribution in [2.24, 2.45) is 0 Å². The van der Waals surface area contributed by atoms with E-state index in [1.54, 1.807) is 6.07 Å². The highest BCUT2D eigenvalue weighted by Crippen LogP contribution is 2.18. The summed E-state index contributed by atoms with van der Waals surface area (Å²) in [5.41, 5.74) is 0.476. The minimum atomic E-state index is -0.383. The molecule has 0 saturated carbocycles. The van der Waals surface area contributed by atoms with Crippen LogP contribution in [-0.2, 0) is 6.54 Å². The fraction of sp³-hybridized carbons (Fsp3) is 0.333. The maximum atomic E-state index is 13.0. The van der Waals surface area contributed by atoms with Crippen molar-refractivity contribution in [3.05, 3.63) is 34.1 Å². The Kier molecular flexibility index (Phi) is 3.90. The van der Waals surface area contributed by atoms with E-state index in [0.717, 1.165) is 10.0 Å². The van der Waals surface area contributed by atoms with Crippen LogP contribution in [-0.4, -0.2) is 5.54 Å². The second kappa shape index (κ2) is 4.78. The third-order valence-corrected chi connectivity index (χ3v) is 2.86. The van der Waals surface area contributed by atoms with Crippen LogP contribution in [0.3, 0.4) is 0 Å². The molecule has 1 aromatic rings. The zero-order valence-corrected chi connectivity index (χ0v) is 10.4. The molecule has 0 aliphatic heterocycles. The SMILES string of the molecule is C#CC(C)(C)NCc1cc(F)ccc1Br. The maximum Gasteiger partial charge on any atom is 0.123 e. The van der Waals surface area contributed by atoms with Crippen LogP contribution in [0.4, 0.5) is 4.39 Å². The summed E-state index contributed by atoms with van der Waals surface area (Å²) in [6, 6.07) is 4.60. The quantitative estimate of drug-likeness (QED) is 0.832. The van der Waals surface area contributed by atoms with Crippen molar-refractivity contribution in [3.8, 4) is 12.3 Å². The summed E-state index contributed by atoms with van der Waals surface area (Å²) in [5, 5.41) is 3.16. The Labute approximate surface area is 98.2 Å². The second-order valence-corrected chi connectivity index (χ2v) is 4.71. The number of hydrogen-bond donors (Lipinski definition) is 1. The summed E-state index contributed by atoms with van der Waals surface area (Å²) in [6.45, 7) is 4.34. The van der Waals surface area contributed by atoms with Gasteiger partial charge in [-0.15, -0.1) is 6.42 Å². The number of nitrogens with one attached hydrogen (secondary N) is 1. The average molecular weight is 270 g/mol. The first-order valence-corrected chi connectivity index (χ1v) is 5.40. The Bertz CT molecular complexity index is 393. The summed E-state index contributed by atoms with van der Waals surface area (Å²) in [6.07, 6.45) is 5.34. The smallest absolute Gasteiger partial charge is 0.123 e. The minimum Gasteiger partial charge on any atom is -0.297 e. The van der Waals surface area contributed by atoms with E-state index < -0.39 is 0 Å². The van der Waals surface area contributed by atoms with Gasteiger partial charge in [0.05, 0.1) is 5.54 Å². The molecule has 0 atom stereocenters. The summed E-state index contributed by atoms with van der Waals surface area (Å²) >= 11 is 3.36. The lowest BCUT2D eigenvalue weighted by Gasteiger charge is -2.20. The van der Waals surface area contributed by atoms with Crippen LogP contribution in [0.1, 0.15) is 19.4 Å². The Morgan fingerprint density at radius 3 is 2.80 bits per heavy atom. The average Bonchev–Trinajstić information content (AvgIpc) is 2.20. The van der Waals surface area contributed by atoms with Gasteiger partial charge in [0.15, 0.2) is 0 Å². The highest BCUT2D eigenvalue weighted by atomic mass is 79.9. The van der Waals surface area contributed by atoms with E-state index >= 15 is 0 Å². The molecule has 0 amide bonds. The van der Waals surface area contributed by atoms with Crippen LogP contribution in [0.15, 0.2) is 22.7 Å². The highest BCUT2D eigenvalue weighted by molar-refractivity contribution is 9.10. The van der Waals surface area contributed by atoms with Gasteiger partial charge in [-0.25, -0.2) is 4.39 Å². The first-order chi connectivity index (χ1) is 6.94. The molecule has 1 rings (SSSR count). The predicted molar refractivity (Wildman–Crippen MR) is 63.9 cm³/mol. The van der Waals surface area contributed by atoms with E-state index in [2.05, 4.69) is 27.2 Å². The lowest BCUT2D eigenvalue weighted by molar-refractivity contribution is 0.489. The lowest BCUT2D eigenvalue weighted by atomic mass is 10.1. The fourth-order valence-electron chi connectivity index (χ4n) is 1.05. The maximum absolute atomic E-state index is 13.0. The molecule has 15 heavy (non-hydrogen) atoms. The van der Waals surface area contributed by atoms with Crippen molar-refractivity contribution in [1.29, 1.82) is 0 Å². The lowest BCUT2D eigenvalue weighted by Crippen LogP contribution is -2.37. The van der Waals surface area contributed by atoms with Gasteiger partial charge in [0.1, 0.15) is 5.82 Å². The van der Waals surface area contributed by atoms with Crippen LogP contribution in [0.5, 0.6) is 0 Å². The predicted octanol–water partition coefficient (Wildman–Crippen LogP) is 3.09. The summed E-state index contributed by atoms with van der Waals surface area (Å²) in [5.74, 6) is 2.38. The molecule has 0 heterocycles. The van der Waals surface area contributed by atoms with Gasteiger partial charge in [-0.05, 0) is 37.6 Å². The molecular weight excluding hydrogens is 257 g/mol. The molecule has 3 heteroatoms. The van der Waals surface area contributed by atoms with Crippen LogP contribution >= 0.6 is 15.9 Å². The van der Waals surface area contributed by atoms with Gasteiger partial charge in [0, 0.05) is 11.0 Å². The number of halogens is 2. The zero-order chi connectivity index (χ0) is 11.5. The Balaban J connectivity index is 2.74. The van der Waals surface area contributed by atoms with Gasteiger partial charge in [-0.1, -0.05) is 21.9 Å². The van der Waals surface area contributed by atoms with Gasteiger partial charge in [-0.3, -0.25) is 5.32 Å². The van der Waals surface area contributed by atoms with Gasteiger partial charge in [0.25, 0.3) is 0 Å². The Morgan fingerprint density at radius 1 is 1.53 bits per heavy atom. The topological polar surface area (TPSA) is 12.0 Å². The van der Waals surface area contributed by atoms with Gasteiger partial charge in [-0.2, -0.15) is 0 Å². The molecule has 80 valence electrons. The third-order valence-electron chi connectivity index (χ3n) is 2.09. The molecule has 0 aromatic heterocycles. The molecule has 1 nitrogen and oxygen atoms in total. The molecule has 1 N–H and O–H groups in total. The van der Waals surface area contributed by atoms with Crippen molar-refractivity contribution < 1.29 is 4.39 Å². The summed E-state index contributed by atoms with van der Waals surface area (Å²) < 4.78 is 13.8. The molecular formula is C12H13BrFN. The Hall–Kier alpha value is -0.850. The van der Waals surface area contributed by atoms with Crippen molar-refractivity contribution >= 4 is 15.9 Å². The molecule has 0 radical (unpaired) electrons. The van der Waals surface area contributed by atoms with Crippen LogP contribution in [0, 0.1) is 18.2 Å². The molecule has 0 spiro atoms. The van der Waals surface area contributed by atoms with Gasteiger partial charge < -0.3 is 0 Å². The second-order valence-electron chi connectivity index (χ2n) is 3.86. The molecule has 0 bridgehead atoms. The van der Waals surface area contributed by atoms with Crippen molar-refractivity contribution in [3.63, 3.8) is 0 Å². The van der Waals surface area contributed by atoms with Crippen molar-refractivity contribution in [2.75, 3.05) is 0 Å². The van der Waals surface area contributed by atoms with Gasteiger partial charge in [0.2, 0.25) is 0 Å². The van der Waals surface area contributed by atoms with E-state index in [-0.39, 0.29) is 11.4 Å². The molecule has 0 aliphatic carbocycles. The summed E-state index contributed by atoms with van der Waals surface area (Å²) in [4.78, 5) is 0. The number of hydrogen-bond acceptors (Lipinski definition) is 1. The fourth-order valence-corrected chi connectivity index (χ4v) is 1.43. The first-order valence-electron chi connectivity index (χ1n) is 4.61. The van der Waals surface area contributed by atoms with E-state index in [1.807, 2.05) is 13.8 Å². The number of terminal acetylenes is 1. The molecule has 0 fully saturated rings. The van der Waals surface area contributed by atoms with E-state index in [1.165, 1.54) is 12.1 Å². The minimum absolute atomic E-state index is 0.242. The van der Waals surface area contributed by atoms with Crippen molar-refractivity contribution in [2.45, 2.75) is 25.9 Å². The molecule has 0 aliphatic rings. The first kappa shape index (κ1) is 12.2. The molecule has 1 aromatic carbocycles. The largest absolute Gasteiger partial charge is 0.297 e.